The maximum atomic E-state index is 11.9. The van der Waals surface area contributed by atoms with Gasteiger partial charge in [-0.15, -0.1) is 0 Å². The lowest BCUT2D eigenvalue weighted by Gasteiger charge is -2.26. The summed E-state index contributed by atoms with van der Waals surface area (Å²) in [7, 11) is 1.47. The van der Waals surface area contributed by atoms with Crippen LogP contribution < -0.4 is 16.0 Å². The van der Waals surface area contributed by atoms with Crippen LogP contribution >= 0.6 is 0 Å². The molecule has 3 N–H and O–H groups in total. The van der Waals surface area contributed by atoms with Gasteiger partial charge in [0, 0.05) is 13.1 Å². The smallest absolute Gasteiger partial charge is 0.321 e. The average molecular weight is 277 g/mol. The molecule has 3 amide bonds. The van der Waals surface area contributed by atoms with Crippen LogP contribution in [0.3, 0.4) is 0 Å². The fourth-order valence-corrected chi connectivity index (χ4v) is 1.96. The van der Waals surface area contributed by atoms with Crippen molar-refractivity contribution in [2.24, 2.45) is 5.92 Å². The fourth-order valence-electron chi connectivity index (χ4n) is 1.96. The van der Waals surface area contributed by atoms with E-state index in [0.717, 1.165) is 5.56 Å². The zero-order valence-electron chi connectivity index (χ0n) is 12.4. The van der Waals surface area contributed by atoms with E-state index in [2.05, 4.69) is 29.8 Å². The van der Waals surface area contributed by atoms with Crippen LogP contribution in [-0.4, -0.2) is 25.0 Å². The SMILES string of the molecule is CNC(=O)NC(=O)[C@H](C)N[C@H](c1ccccc1)C(C)C. The highest BCUT2D eigenvalue weighted by atomic mass is 16.2. The van der Waals surface area contributed by atoms with Crippen LogP contribution in [0.4, 0.5) is 4.79 Å². The Labute approximate surface area is 120 Å². The highest BCUT2D eigenvalue weighted by molar-refractivity contribution is 5.96. The summed E-state index contributed by atoms with van der Waals surface area (Å²) < 4.78 is 0. The number of amides is 3. The lowest BCUT2D eigenvalue weighted by Crippen LogP contribution is -2.48. The van der Waals surface area contributed by atoms with Crippen molar-refractivity contribution in [3.63, 3.8) is 0 Å². The minimum atomic E-state index is -0.496. The second-order valence-electron chi connectivity index (χ2n) is 5.09. The van der Waals surface area contributed by atoms with Crippen molar-refractivity contribution in [2.75, 3.05) is 7.05 Å². The van der Waals surface area contributed by atoms with Gasteiger partial charge < -0.3 is 5.32 Å². The molecule has 5 nitrogen and oxygen atoms in total. The van der Waals surface area contributed by atoms with Crippen LogP contribution in [0, 0.1) is 5.92 Å². The van der Waals surface area contributed by atoms with E-state index < -0.39 is 12.1 Å². The molecule has 1 rings (SSSR count). The van der Waals surface area contributed by atoms with Crippen molar-refractivity contribution in [1.82, 2.24) is 16.0 Å². The number of carbonyl (C=O) groups is 2. The predicted molar refractivity (Wildman–Crippen MR) is 79.2 cm³/mol. The Morgan fingerprint density at radius 1 is 1.05 bits per heavy atom. The summed E-state index contributed by atoms with van der Waals surface area (Å²) in [6.07, 6.45) is 0. The van der Waals surface area contributed by atoms with E-state index in [9.17, 15) is 9.59 Å². The quantitative estimate of drug-likeness (QED) is 0.769. The molecule has 0 bridgehead atoms. The Hall–Kier alpha value is -1.88. The first-order valence-corrected chi connectivity index (χ1v) is 6.79. The van der Waals surface area contributed by atoms with Gasteiger partial charge in [-0.2, -0.15) is 0 Å². The third-order valence-electron chi connectivity index (χ3n) is 3.11. The molecule has 0 saturated carbocycles. The first-order valence-electron chi connectivity index (χ1n) is 6.79. The standard InChI is InChI=1S/C15H23N3O2/c1-10(2)13(12-8-6-5-7-9-12)17-11(3)14(19)18-15(20)16-4/h5-11,13,17H,1-4H3,(H2,16,18,19,20)/t11-,13-/m0/s1. The fraction of sp³-hybridized carbons (Fsp3) is 0.467. The Kier molecular flexibility index (Phi) is 6.18. The van der Waals surface area contributed by atoms with Crippen LogP contribution in [0.2, 0.25) is 0 Å². The number of rotatable bonds is 5. The van der Waals surface area contributed by atoms with Gasteiger partial charge in [-0.3, -0.25) is 15.4 Å². The lowest BCUT2D eigenvalue weighted by molar-refractivity contribution is -0.121. The van der Waals surface area contributed by atoms with Crippen molar-refractivity contribution in [3.05, 3.63) is 35.9 Å². The first-order chi connectivity index (χ1) is 9.45. The summed E-state index contributed by atoms with van der Waals surface area (Å²) in [6, 6.07) is 9.07. The second-order valence-corrected chi connectivity index (χ2v) is 5.09. The van der Waals surface area contributed by atoms with Gasteiger partial charge in [0.2, 0.25) is 5.91 Å². The Balaban J connectivity index is 2.71. The van der Waals surface area contributed by atoms with E-state index >= 15 is 0 Å². The van der Waals surface area contributed by atoms with Gasteiger partial charge in [-0.1, -0.05) is 44.2 Å². The number of carbonyl (C=O) groups excluding carboxylic acids is 2. The molecular formula is C15H23N3O2. The molecule has 0 heterocycles. The molecule has 1 aromatic rings. The summed E-state index contributed by atoms with van der Waals surface area (Å²) in [5.41, 5.74) is 1.13. The number of urea groups is 1. The van der Waals surface area contributed by atoms with Crippen LogP contribution in [0.5, 0.6) is 0 Å². The summed E-state index contributed by atoms with van der Waals surface area (Å²) in [5, 5.41) is 7.90. The number of hydrogen-bond donors (Lipinski definition) is 3. The minimum absolute atomic E-state index is 0.0571. The molecule has 0 aliphatic rings. The molecule has 0 unspecified atom stereocenters. The molecule has 0 saturated heterocycles. The third kappa shape index (κ3) is 4.66. The van der Waals surface area contributed by atoms with Crippen LogP contribution in [0.15, 0.2) is 30.3 Å². The molecule has 110 valence electrons. The third-order valence-corrected chi connectivity index (χ3v) is 3.11. The highest BCUT2D eigenvalue weighted by Gasteiger charge is 2.22. The topological polar surface area (TPSA) is 70.2 Å². The molecular weight excluding hydrogens is 254 g/mol. The zero-order valence-corrected chi connectivity index (χ0v) is 12.4. The van der Waals surface area contributed by atoms with E-state index in [-0.39, 0.29) is 11.9 Å². The van der Waals surface area contributed by atoms with Crippen molar-refractivity contribution in [1.29, 1.82) is 0 Å². The molecule has 20 heavy (non-hydrogen) atoms. The van der Waals surface area contributed by atoms with Crippen LogP contribution in [0.1, 0.15) is 32.4 Å². The predicted octanol–water partition coefficient (Wildman–Crippen LogP) is 1.82. The van der Waals surface area contributed by atoms with Gasteiger partial charge in [0.05, 0.1) is 6.04 Å². The van der Waals surface area contributed by atoms with Crippen molar-refractivity contribution in [2.45, 2.75) is 32.9 Å². The van der Waals surface area contributed by atoms with Gasteiger partial charge in [0.25, 0.3) is 0 Å². The van der Waals surface area contributed by atoms with Crippen molar-refractivity contribution < 1.29 is 9.59 Å². The van der Waals surface area contributed by atoms with Gasteiger partial charge in [-0.05, 0) is 18.4 Å². The number of benzene rings is 1. The highest BCUT2D eigenvalue weighted by Crippen LogP contribution is 2.21. The van der Waals surface area contributed by atoms with E-state index in [1.165, 1.54) is 7.05 Å². The number of imide groups is 1. The van der Waals surface area contributed by atoms with Crippen molar-refractivity contribution in [3.8, 4) is 0 Å². The zero-order chi connectivity index (χ0) is 15.1. The summed E-state index contributed by atoms with van der Waals surface area (Å²) >= 11 is 0. The number of hydrogen-bond acceptors (Lipinski definition) is 3. The number of nitrogens with one attached hydrogen (secondary N) is 3. The van der Waals surface area contributed by atoms with E-state index in [1.54, 1.807) is 6.92 Å². The largest absolute Gasteiger partial charge is 0.341 e. The normalized spacial score (nSPS) is 13.7. The van der Waals surface area contributed by atoms with E-state index in [0.29, 0.717) is 5.92 Å². The maximum Gasteiger partial charge on any atom is 0.321 e. The molecule has 0 spiro atoms. The molecule has 0 aromatic heterocycles. The monoisotopic (exact) mass is 277 g/mol. The average Bonchev–Trinajstić information content (AvgIpc) is 2.44. The van der Waals surface area contributed by atoms with Crippen molar-refractivity contribution >= 4 is 11.9 Å². The molecule has 0 aliphatic carbocycles. The Morgan fingerprint density at radius 3 is 2.15 bits per heavy atom. The maximum absolute atomic E-state index is 11.9. The molecule has 2 atom stereocenters. The van der Waals surface area contributed by atoms with Gasteiger partial charge in [0.15, 0.2) is 0 Å². The molecule has 0 radical (unpaired) electrons. The van der Waals surface area contributed by atoms with Gasteiger partial charge in [0.1, 0.15) is 0 Å². The minimum Gasteiger partial charge on any atom is -0.341 e. The molecule has 1 aromatic carbocycles. The van der Waals surface area contributed by atoms with Gasteiger partial charge >= 0.3 is 6.03 Å². The lowest BCUT2D eigenvalue weighted by atomic mass is 9.95. The Bertz CT molecular complexity index is 446. The van der Waals surface area contributed by atoms with Crippen LogP contribution in [0.25, 0.3) is 0 Å². The Morgan fingerprint density at radius 2 is 1.65 bits per heavy atom. The summed E-state index contributed by atoms with van der Waals surface area (Å²) in [5.74, 6) is -0.0152. The second kappa shape index (κ2) is 7.65. The van der Waals surface area contributed by atoms with Crippen LogP contribution in [-0.2, 0) is 4.79 Å². The summed E-state index contributed by atoms with van der Waals surface area (Å²) in [4.78, 5) is 23.0. The summed E-state index contributed by atoms with van der Waals surface area (Å²) in [6.45, 7) is 5.93. The first kappa shape index (κ1) is 16.2. The molecule has 0 fully saturated rings. The molecule has 0 aliphatic heterocycles. The van der Waals surface area contributed by atoms with E-state index in [4.69, 9.17) is 0 Å². The van der Waals surface area contributed by atoms with E-state index in [1.807, 2.05) is 30.3 Å². The van der Waals surface area contributed by atoms with Gasteiger partial charge in [-0.25, -0.2) is 4.79 Å². The molecule has 5 heteroatoms.